The fourth-order valence-corrected chi connectivity index (χ4v) is 4.67. The van der Waals surface area contributed by atoms with Gasteiger partial charge < -0.3 is 14.8 Å². The van der Waals surface area contributed by atoms with E-state index in [0.29, 0.717) is 18.0 Å². The third-order valence-electron chi connectivity index (χ3n) is 6.75. The minimum absolute atomic E-state index is 0.212. The maximum atomic E-state index is 13.4. The molecule has 0 amide bonds. The first kappa shape index (κ1) is 20.8. The highest BCUT2D eigenvalue weighted by atomic mass is 19.1. The van der Waals surface area contributed by atoms with E-state index in [1.807, 2.05) is 18.2 Å². The van der Waals surface area contributed by atoms with Crippen molar-refractivity contribution in [3.05, 3.63) is 71.5 Å². The van der Waals surface area contributed by atoms with Crippen molar-refractivity contribution in [2.24, 2.45) is 11.8 Å². The van der Waals surface area contributed by atoms with Crippen molar-refractivity contribution in [1.29, 1.82) is 5.26 Å². The molecule has 170 valence electrons. The van der Waals surface area contributed by atoms with E-state index in [1.54, 1.807) is 18.2 Å². The van der Waals surface area contributed by atoms with E-state index in [0.717, 1.165) is 47.8 Å². The standard InChI is InChI=1S/C26H22FN5O2/c27-19-8-2-16(3-9-19)22-12-20(13-28)30-23-11-15(1-10-21(22)23)14-29-25-32-31-24(34-25)26(33,17-4-5-17)18-6-7-18/h1-3,8-12,17-18,33H,4-7,14H2,(H,29,32). The van der Waals surface area contributed by atoms with Crippen LogP contribution in [-0.2, 0) is 12.1 Å². The normalized spacial score (nSPS) is 15.9. The van der Waals surface area contributed by atoms with Crippen LogP contribution >= 0.6 is 0 Å². The lowest BCUT2D eigenvalue weighted by molar-refractivity contribution is -0.0343. The zero-order valence-corrected chi connectivity index (χ0v) is 18.3. The van der Waals surface area contributed by atoms with E-state index in [1.165, 1.54) is 12.1 Å². The number of benzene rings is 2. The van der Waals surface area contributed by atoms with Gasteiger partial charge in [0, 0.05) is 11.9 Å². The van der Waals surface area contributed by atoms with Crippen LogP contribution in [0.25, 0.3) is 22.0 Å². The van der Waals surface area contributed by atoms with Crippen molar-refractivity contribution in [3.8, 4) is 17.2 Å². The fourth-order valence-electron chi connectivity index (χ4n) is 4.67. The smallest absolute Gasteiger partial charge is 0.315 e. The monoisotopic (exact) mass is 455 g/mol. The van der Waals surface area contributed by atoms with Crippen LogP contribution in [0, 0.1) is 29.0 Å². The number of hydrogen-bond donors (Lipinski definition) is 2. The Bertz CT molecular complexity index is 1410. The Hall–Kier alpha value is -3.83. The lowest BCUT2D eigenvalue weighted by atomic mass is 9.92. The van der Waals surface area contributed by atoms with E-state index >= 15 is 0 Å². The number of anilines is 1. The van der Waals surface area contributed by atoms with Crippen LogP contribution in [0.15, 0.2) is 52.9 Å². The Kier molecular flexibility index (Phi) is 4.82. The molecule has 2 aliphatic carbocycles. The largest absolute Gasteiger partial charge is 0.405 e. The first-order valence-corrected chi connectivity index (χ1v) is 11.4. The summed E-state index contributed by atoms with van der Waals surface area (Å²) >= 11 is 0. The summed E-state index contributed by atoms with van der Waals surface area (Å²) in [6.45, 7) is 0.410. The Morgan fingerprint density at radius 2 is 1.79 bits per heavy atom. The maximum absolute atomic E-state index is 13.4. The zero-order valence-electron chi connectivity index (χ0n) is 18.3. The highest BCUT2D eigenvalue weighted by molar-refractivity contribution is 5.95. The molecule has 0 aliphatic heterocycles. The van der Waals surface area contributed by atoms with E-state index in [9.17, 15) is 14.8 Å². The molecule has 2 N–H and O–H groups in total. The summed E-state index contributed by atoms with van der Waals surface area (Å²) in [5.74, 6) is 0.421. The number of pyridine rings is 1. The number of fused-ring (bicyclic) bond motifs is 1. The zero-order chi connectivity index (χ0) is 23.3. The predicted octanol–water partition coefficient (Wildman–Crippen LogP) is 4.92. The van der Waals surface area contributed by atoms with Crippen molar-refractivity contribution in [1.82, 2.24) is 15.2 Å². The molecule has 2 aromatic carbocycles. The average molecular weight is 455 g/mol. The van der Waals surface area contributed by atoms with Crippen LogP contribution < -0.4 is 5.32 Å². The van der Waals surface area contributed by atoms with Gasteiger partial charge in [-0.15, -0.1) is 5.10 Å². The molecule has 7 nitrogen and oxygen atoms in total. The molecule has 0 unspecified atom stereocenters. The minimum atomic E-state index is -0.996. The lowest BCUT2D eigenvalue weighted by Gasteiger charge is -2.23. The molecule has 0 atom stereocenters. The molecule has 6 rings (SSSR count). The molecule has 0 radical (unpaired) electrons. The van der Waals surface area contributed by atoms with Gasteiger partial charge in [0.2, 0.25) is 0 Å². The SMILES string of the molecule is N#Cc1cc(-c2ccc(F)cc2)c2ccc(CNc3nnc(C(O)(C4CC4)C4CC4)o3)cc2n1. The Balaban J connectivity index is 1.25. The molecular formula is C26H22FN5O2. The van der Waals surface area contributed by atoms with Crippen LogP contribution in [0.2, 0.25) is 0 Å². The van der Waals surface area contributed by atoms with Gasteiger partial charge in [-0.1, -0.05) is 29.4 Å². The van der Waals surface area contributed by atoms with Gasteiger partial charge in [-0.05, 0) is 78.5 Å². The van der Waals surface area contributed by atoms with Crippen LogP contribution in [0.5, 0.6) is 0 Å². The summed E-state index contributed by atoms with van der Waals surface area (Å²) < 4.78 is 19.2. The van der Waals surface area contributed by atoms with Crippen molar-refractivity contribution >= 4 is 16.9 Å². The Morgan fingerprint density at radius 3 is 2.47 bits per heavy atom. The van der Waals surface area contributed by atoms with Crippen molar-refractivity contribution in [2.45, 2.75) is 37.8 Å². The number of nitrogens with one attached hydrogen (secondary N) is 1. The van der Waals surface area contributed by atoms with Gasteiger partial charge in [0.15, 0.2) is 0 Å². The highest BCUT2D eigenvalue weighted by Gasteiger charge is 2.57. The van der Waals surface area contributed by atoms with Crippen LogP contribution in [0.4, 0.5) is 10.4 Å². The number of rotatable bonds is 7. The summed E-state index contributed by atoms with van der Waals surface area (Å²) in [6.07, 6.45) is 3.97. The second-order valence-electron chi connectivity index (χ2n) is 9.17. The van der Waals surface area contributed by atoms with E-state index < -0.39 is 5.60 Å². The van der Waals surface area contributed by atoms with Gasteiger partial charge in [-0.2, -0.15) is 5.26 Å². The first-order chi connectivity index (χ1) is 16.5. The third-order valence-corrected chi connectivity index (χ3v) is 6.75. The number of aromatic nitrogens is 3. The highest BCUT2D eigenvalue weighted by Crippen LogP contribution is 2.57. The molecule has 2 heterocycles. The average Bonchev–Trinajstić information content (AvgIpc) is 3.79. The summed E-state index contributed by atoms with van der Waals surface area (Å²) in [4.78, 5) is 4.45. The molecule has 34 heavy (non-hydrogen) atoms. The summed E-state index contributed by atoms with van der Waals surface area (Å²) in [5, 5.41) is 32.9. The van der Waals surface area contributed by atoms with Crippen molar-refractivity contribution in [3.63, 3.8) is 0 Å². The quantitative estimate of drug-likeness (QED) is 0.407. The molecular weight excluding hydrogens is 433 g/mol. The van der Waals surface area contributed by atoms with Gasteiger partial charge >= 0.3 is 6.01 Å². The van der Waals surface area contributed by atoms with Crippen LogP contribution in [0.3, 0.4) is 0 Å². The number of halogens is 1. The molecule has 8 heteroatoms. The molecule has 2 fully saturated rings. The maximum Gasteiger partial charge on any atom is 0.315 e. The van der Waals surface area contributed by atoms with Gasteiger partial charge in [-0.25, -0.2) is 9.37 Å². The number of nitrogens with zero attached hydrogens (tertiary/aromatic N) is 4. The van der Waals surface area contributed by atoms with E-state index in [-0.39, 0.29) is 29.4 Å². The number of hydrogen-bond acceptors (Lipinski definition) is 7. The summed E-state index contributed by atoms with van der Waals surface area (Å²) in [6, 6.07) is 16.1. The molecule has 0 bridgehead atoms. The molecule has 4 aromatic rings. The molecule has 2 aromatic heterocycles. The lowest BCUT2D eigenvalue weighted by Crippen LogP contribution is -2.31. The Labute approximate surface area is 195 Å². The molecule has 0 saturated heterocycles. The summed E-state index contributed by atoms with van der Waals surface area (Å²) in [7, 11) is 0. The van der Waals surface area contributed by atoms with Crippen molar-refractivity contribution < 1.29 is 13.9 Å². The molecule has 2 saturated carbocycles. The second kappa shape index (κ2) is 7.89. The van der Waals surface area contributed by atoms with E-state index in [4.69, 9.17) is 4.42 Å². The first-order valence-electron chi connectivity index (χ1n) is 11.4. The minimum Gasteiger partial charge on any atom is -0.405 e. The third kappa shape index (κ3) is 3.68. The molecule has 0 spiro atoms. The fraction of sp³-hybridized carbons (Fsp3) is 0.308. The predicted molar refractivity (Wildman–Crippen MR) is 123 cm³/mol. The van der Waals surface area contributed by atoms with Crippen LogP contribution in [0.1, 0.15) is 42.8 Å². The molecule has 2 aliphatic rings. The van der Waals surface area contributed by atoms with Gasteiger partial charge in [0.1, 0.15) is 23.2 Å². The summed E-state index contributed by atoms with van der Waals surface area (Å²) in [5.41, 5.74) is 2.51. The number of nitriles is 1. The Morgan fingerprint density at radius 1 is 1.06 bits per heavy atom. The topological polar surface area (TPSA) is 108 Å². The van der Waals surface area contributed by atoms with Crippen LogP contribution in [-0.4, -0.2) is 20.3 Å². The van der Waals surface area contributed by atoms with Gasteiger partial charge in [0.25, 0.3) is 5.89 Å². The van der Waals surface area contributed by atoms with Crippen molar-refractivity contribution in [2.75, 3.05) is 5.32 Å². The van der Waals surface area contributed by atoms with Gasteiger partial charge in [0.05, 0.1) is 5.52 Å². The number of aliphatic hydroxyl groups is 1. The second-order valence-corrected chi connectivity index (χ2v) is 9.17. The van der Waals surface area contributed by atoms with E-state index in [2.05, 4.69) is 26.6 Å². The van der Waals surface area contributed by atoms with Gasteiger partial charge in [-0.3, -0.25) is 0 Å².